The summed E-state index contributed by atoms with van der Waals surface area (Å²) in [5.41, 5.74) is 0.624. The van der Waals surface area contributed by atoms with Crippen molar-refractivity contribution in [2.45, 2.75) is 51.2 Å². The predicted octanol–water partition coefficient (Wildman–Crippen LogP) is 5.13. The standard InChI is InChI=1S/C24H30NOP/c1-3-18(2)22-17-26-24(25-22)21-15-10-16-23(21)27(19-11-6-4-7-12-19)20-13-8-5-9-14-20/h4-9,11-14,18,21-23H,3,10,15-17H2,1-2H3/t18?,21?,22-,23+/m1/s1. The Hall–Kier alpha value is -1.66. The van der Waals surface area contributed by atoms with Gasteiger partial charge in [0.05, 0.1) is 6.04 Å². The van der Waals surface area contributed by atoms with Crippen molar-refractivity contribution in [2.75, 3.05) is 6.61 Å². The lowest BCUT2D eigenvalue weighted by Gasteiger charge is -2.29. The summed E-state index contributed by atoms with van der Waals surface area (Å²) < 4.78 is 6.18. The lowest BCUT2D eigenvalue weighted by molar-refractivity contribution is 0.269. The minimum absolute atomic E-state index is 0.353. The van der Waals surface area contributed by atoms with Gasteiger partial charge in [0.25, 0.3) is 0 Å². The van der Waals surface area contributed by atoms with Gasteiger partial charge in [-0.05, 0) is 42.9 Å². The van der Waals surface area contributed by atoms with Crippen LogP contribution < -0.4 is 10.6 Å². The monoisotopic (exact) mass is 379 g/mol. The molecule has 1 fully saturated rings. The molecule has 27 heavy (non-hydrogen) atoms. The molecule has 2 aliphatic rings. The zero-order chi connectivity index (χ0) is 18.6. The lowest BCUT2D eigenvalue weighted by Crippen LogP contribution is -2.29. The first kappa shape index (κ1) is 18.7. The highest BCUT2D eigenvalue weighted by Gasteiger charge is 2.41. The van der Waals surface area contributed by atoms with E-state index in [1.54, 1.807) is 0 Å². The molecule has 0 amide bonds. The highest BCUT2D eigenvalue weighted by molar-refractivity contribution is 7.73. The molecule has 3 heteroatoms. The smallest absolute Gasteiger partial charge is 0.187 e. The fourth-order valence-corrected chi connectivity index (χ4v) is 7.55. The number of rotatable bonds is 6. The van der Waals surface area contributed by atoms with E-state index in [4.69, 9.17) is 9.73 Å². The van der Waals surface area contributed by atoms with Gasteiger partial charge in [-0.25, -0.2) is 4.99 Å². The van der Waals surface area contributed by atoms with Gasteiger partial charge in [-0.3, -0.25) is 0 Å². The van der Waals surface area contributed by atoms with Crippen LogP contribution in [0.2, 0.25) is 0 Å². The first-order valence-corrected chi connectivity index (χ1v) is 11.8. The Kier molecular flexibility index (Phi) is 5.93. The maximum atomic E-state index is 6.18. The van der Waals surface area contributed by atoms with E-state index in [0.717, 1.165) is 12.5 Å². The Morgan fingerprint density at radius 2 is 1.63 bits per heavy atom. The molecule has 1 heterocycles. The van der Waals surface area contributed by atoms with Crippen molar-refractivity contribution in [1.29, 1.82) is 0 Å². The molecule has 0 bridgehead atoms. The van der Waals surface area contributed by atoms with Crippen LogP contribution in [0.15, 0.2) is 65.7 Å². The third-order valence-corrected chi connectivity index (χ3v) is 9.18. The third-order valence-electron chi connectivity index (χ3n) is 6.19. The number of nitrogens with zero attached hydrogens (tertiary/aromatic N) is 1. The Labute approximate surface area is 164 Å². The second-order valence-corrected chi connectivity index (χ2v) is 10.3. The molecule has 0 N–H and O–H groups in total. The normalized spacial score (nSPS) is 26.0. The summed E-state index contributed by atoms with van der Waals surface area (Å²) in [4.78, 5) is 5.07. The van der Waals surface area contributed by atoms with Gasteiger partial charge in [0.15, 0.2) is 5.90 Å². The molecule has 1 aliphatic heterocycles. The second kappa shape index (κ2) is 8.57. The van der Waals surface area contributed by atoms with Crippen LogP contribution in [0, 0.1) is 11.8 Å². The van der Waals surface area contributed by atoms with Gasteiger partial charge in [-0.1, -0.05) is 87.4 Å². The van der Waals surface area contributed by atoms with E-state index >= 15 is 0 Å². The molecular formula is C24H30NOP. The van der Waals surface area contributed by atoms with Gasteiger partial charge in [-0.15, -0.1) is 0 Å². The quantitative estimate of drug-likeness (QED) is 0.638. The molecule has 142 valence electrons. The highest BCUT2D eigenvalue weighted by Crippen LogP contribution is 2.51. The summed E-state index contributed by atoms with van der Waals surface area (Å²) in [7, 11) is -0.401. The van der Waals surface area contributed by atoms with E-state index in [2.05, 4.69) is 74.5 Å². The Bertz CT molecular complexity index is 721. The largest absolute Gasteiger partial charge is 0.478 e. The van der Waals surface area contributed by atoms with Crippen LogP contribution in [0.1, 0.15) is 39.5 Å². The van der Waals surface area contributed by atoms with Gasteiger partial charge in [0, 0.05) is 5.92 Å². The molecule has 2 aromatic carbocycles. The maximum Gasteiger partial charge on any atom is 0.187 e. The van der Waals surface area contributed by atoms with Crippen LogP contribution in [-0.4, -0.2) is 24.2 Å². The molecule has 2 unspecified atom stereocenters. The third kappa shape index (κ3) is 3.97. The Morgan fingerprint density at radius 3 is 2.22 bits per heavy atom. The lowest BCUT2D eigenvalue weighted by atomic mass is 10.0. The fraction of sp³-hybridized carbons (Fsp3) is 0.458. The van der Waals surface area contributed by atoms with Gasteiger partial charge in [0.2, 0.25) is 0 Å². The van der Waals surface area contributed by atoms with Crippen LogP contribution >= 0.6 is 7.92 Å². The summed E-state index contributed by atoms with van der Waals surface area (Å²) in [6.07, 6.45) is 4.94. The van der Waals surface area contributed by atoms with Crippen molar-refractivity contribution < 1.29 is 4.74 Å². The molecule has 1 saturated carbocycles. The van der Waals surface area contributed by atoms with Crippen molar-refractivity contribution in [3.8, 4) is 0 Å². The van der Waals surface area contributed by atoms with Gasteiger partial charge in [-0.2, -0.15) is 0 Å². The van der Waals surface area contributed by atoms with Crippen LogP contribution in [0.25, 0.3) is 0 Å². The first-order chi connectivity index (χ1) is 13.3. The Morgan fingerprint density at radius 1 is 1.00 bits per heavy atom. The number of hydrogen-bond donors (Lipinski definition) is 0. The van der Waals surface area contributed by atoms with Crippen molar-refractivity contribution >= 4 is 24.4 Å². The van der Waals surface area contributed by atoms with E-state index in [-0.39, 0.29) is 0 Å². The maximum absolute atomic E-state index is 6.18. The summed E-state index contributed by atoms with van der Waals surface area (Å²) in [5.74, 6) is 2.14. The minimum atomic E-state index is -0.401. The second-order valence-electron chi connectivity index (χ2n) is 7.88. The molecule has 4 rings (SSSR count). The molecule has 4 atom stereocenters. The number of ether oxygens (including phenoxy) is 1. The summed E-state index contributed by atoms with van der Waals surface area (Å²) in [5, 5.41) is 2.96. The predicted molar refractivity (Wildman–Crippen MR) is 117 cm³/mol. The highest BCUT2D eigenvalue weighted by atomic mass is 31.1. The van der Waals surface area contributed by atoms with Crippen molar-refractivity contribution in [1.82, 2.24) is 0 Å². The number of benzene rings is 2. The van der Waals surface area contributed by atoms with E-state index in [1.165, 1.54) is 36.3 Å². The molecule has 1 aliphatic carbocycles. The van der Waals surface area contributed by atoms with Crippen LogP contribution in [0.5, 0.6) is 0 Å². The van der Waals surface area contributed by atoms with Crippen LogP contribution in [0.3, 0.4) is 0 Å². The zero-order valence-electron chi connectivity index (χ0n) is 16.4. The van der Waals surface area contributed by atoms with E-state index in [9.17, 15) is 0 Å². The zero-order valence-corrected chi connectivity index (χ0v) is 17.3. The average Bonchev–Trinajstić information content (AvgIpc) is 3.39. The number of hydrogen-bond acceptors (Lipinski definition) is 2. The van der Waals surface area contributed by atoms with Crippen LogP contribution in [-0.2, 0) is 4.74 Å². The average molecular weight is 379 g/mol. The SMILES string of the molecule is CCC(C)[C@H]1COC(C2CCC[C@@H]2P(c2ccccc2)c2ccccc2)=N1. The molecular weight excluding hydrogens is 349 g/mol. The number of aliphatic imine (C=N–C) groups is 1. The topological polar surface area (TPSA) is 21.6 Å². The van der Waals surface area contributed by atoms with Crippen molar-refractivity contribution in [3.05, 3.63) is 60.7 Å². The van der Waals surface area contributed by atoms with E-state index in [1.807, 2.05) is 0 Å². The first-order valence-electron chi connectivity index (χ1n) is 10.4. The van der Waals surface area contributed by atoms with Gasteiger partial charge < -0.3 is 4.74 Å². The molecule has 2 aromatic rings. The molecule has 0 spiro atoms. The van der Waals surface area contributed by atoms with Crippen molar-refractivity contribution in [2.24, 2.45) is 16.8 Å². The van der Waals surface area contributed by atoms with Gasteiger partial charge >= 0.3 is 0 Å². The molecule has 0 radical (unpaired) electrons. The summed E-state index contributed by atoms with van der Waals surface area (Å²) >= 11 is 0. The molecule has 0 aromatic heterocycles. The minimum Gasteiger partial charge on any atom is -0.478 e. The molecule has 2 nitrogen and oxygen atoms in total. The van der Waals surface area contributed by atoms with E-state index < -0.39 is 7.92 Å². The van der Waals surface area contributed by atoms with Crippen LogP contribution in [0.4, 0.5) is 0 Å². The van der Waals surface area contributed by atoms with Gasteiger partial charge in [0.1, 0.15) is 6.61 Å². The summed E-state index contributed by atoms with van der Waals surface area (Å²) in [6.45, 7) is 5.33. The molecule has 0 saturated heterocycles. The van der Waals surface area contributed by atoms with Crippen molar-refractivity contribution in [3.63, 3.8) is 0 Å². The fourth-order valence-electron chi connectivity index (χ4n) is 4.42. The Balaban J connectivity index is 1.66. The summed E-state index contributed by atoms with van der Waals surface area (Å²) in [6, 6.07) is 22.6. The van der Waals surface area contributed by atoms with E-state index in [0.29, 0.717) is 23.5 Å².